The molecule has 0 aliphatic heterocycles. The van der Waals surface area contributed by atoms with E-state index in [9.17, 15) is 9.65 Å². The van der Waals surface area contributed by atoms with Crippen molar-refractivity contribution in [2.24, 2.45) is 0 Å². The summed E-state index contributed by atoms with van der Waals surface area (Å²) in [4.78, 5) is 0. The molecule has 0 radical (unpaired) electrons. The first-order valence-corrected chi connectivity index (χ1v) is 6.95. The van der Waals surface area contributed by atoms with Crippen molar-refractivity contribution in [3.63, 3.8) is 0 Å². The van der Waals surface area contributed by atoms with Crippen molar-refractivity contribution in [1.82, 2.24) is 9.78 Å². The number of fused-ring (bicyclic) bond motifs is 1. The number of ether oxygens (including phenoxy) is 1. The van der Waals surface area contributed by atoms with Gasteiger partial charge in [-0.15, -0.1) is 0 Å². The molecule has 1 heterocycles. The second-order valence-electron chi connectivity index (χ2n) is 4.82. The van der Waals surface area contributed by atoms with Crippen LogP contribution in [0.1, 0.15) is 11.3 Å². The van der Waals surface area contributed by atoms with Gasteiger partial charge in [-0.05, 0) is 17.5 Å². The Labute approximate surface area is 127 Å². The number of aryl methyl sites for hydroxylation is 1. The molecule has 0 N–H and O–H groups in total. The van der Waals surface area contributed by atoms with Gasteiger partial charge in [-0.1, -0.05) is 30.3 Å². The van der Waals surface area contributed by atoms with Crippen molar-refractivity contribution in [2.45, 2.75) is 13.2 Å². The predicted octanol–water partition coefficient (Wildman–Crippen LogP) is 3.46. The number of halogens is 1. The molecule has 110 valence electrons. The van der Waals surface area contributed by atoms with Gasteiger partial charge in [0.1, 0.15) is 25.1 Å². The fourth-order valence-electron chi connectivity index (χ4n) is 2.32. The molecule has 5 heteroatoms. The largest absolute Gasteiger partial charge is 0.485 e. The maximum Gasteiger partial charge on any atom is 0.145 e. The van der Waals surface area contributed by atoms with Gasteiger partial charge in [-0.25, -0.2) is 4.39 Å². The highest BCUT2D eigenvalue weighted by Crippen LogP contribution is 2.30. The van der Waals surface area contributed by atoms with Crippen LogP contribution in [-0.4, -0.2) is 16.5 Å². The summed E-state index contributed by atoms with van der Waals surface area (Å²) in [5, 5.41) is 15.4. The highest BCUT2D eigenvalue weighted by molar-refractivity contribution is 5.90. The Bertz CT molecular complexity index is 835. The summed E-state index contributed by atoms with van der Waals surface area (Å²) in [6.45, 7) is 0.0174. The average Bonchev–Trinajstić information content (AvgIpc) is 3.00. The number of nitriles is 1. The normalized spacial score (nSPS) is 10.5. The number of aromatic nitrogens is 2. The molecule has 0 atom stereocenters. The monoisotopic (exact) mass is 295 g/mol. The molecule has 2 aromatic carbocycles. The molecule has 0 saturated heterocycles. The third-order valence-electron chi connectivity index (χ3n) is 3.37. The van der Waals surface area contributed by atoms with Crippen LogP contribution in [0.4, 0.5) is 4.39 Å². The van der Waals surface area contributed by atoms with Crippen molar-refractivity contribution in [3.05, 3.63) is 59.9 Å². The molecule has 0 aliphatic rings. The highest BCUT2D eigenvalue weighted by atomic mass is 19.1. The molecule has 0 fully saturated rings. The lowest BCUT2D eigenvalue weighted by Gasteiger charge is -2.10. The van der Waals surface area contributed by atoms with E-state index in [-0.39, 0.29) is 13.2 Å². The first-order valence-electron chi connectivity index (χ1n) is 6.95. The van der Waals surface area contributed by atoms with Crippen LogP contribution in [-0.2, 0) is 13.2 Å². The Balaban J connectivity index is 1.87. The van der Waals surface area contributed by atoms with E-state index in [2.05, 4.69) is 11.2 Å². The standard InChI is InChI=1S/C17H14FN3O/c18-8-10-21-9-7-15(20-21)12-22-17-14(11-19)6-5-13-3-1-2-4-16(13)17/h1-7,9H,8,10,12H2. The summed E-state index contributed by atoms with van der Waals surface area (Å²) >= 11 is 0. The van der Waals surface area contributed by atoms with E-state index >= 15 is 0 Å². The molecular weight excluding hydrogens is 281 g/mol. The Morgan fingerprint density at radius 3 is 2.86 bits per heavy atom. The van der Waals surface area contributed by atoms with Crippen molar-refractivity contribution >= 4 is 10.8 Å². The third kappa shape index (κ3) is 2.77. The average molecular weight is 295 g/mol. The summed E-state index contributed by atoms with van der Waals surface area (Å²) in [5.41, 5.74) is 1.19. The Morgan fingerprint density at radius 1 is 1.18 bits per heavy atom. The van der Waals surface area contributed by atoms with Crippen LogP contribution in [0.15, 0.2) is 48.7 Å². The Hall–Kier alpha value is -2.87. The second kappa shape index (κ2) is 6.27. The van der Waals surface area contributed by atoms with Crippen LogP contribution < -0.4 is 4.74 Å². The van der Waals surface area contributed by atoms with Gasteiger partial charge in [0, 0.05) is 11.6 Å². The van der Waals surface area contributed by atoms with E-state index in [0.717, 1.165) is 10.8 Å². The molecular formula is C17H14FN3O. The van der Waals surface area contributed by atoms with Crippen molar-refractivity contribution < 1.29 is 9.13 Å². The van der Waals surface area contributed by atoms with Crippen molar-refractivity contribution in [3.8, 4) is 11.8 Å². The summed E-state index contributed by atoms with van der Waals surface area (Å²) in [6.07, 6.45) is 1.71. The van der Waals surface area contributed by atoms with Gasteiger partial charge >= 0.3 is 0 Å². The minimum atomic E-state index is -0.454. The lowest BCUT2D eigenvalue weighted by molar-refractivity contribution is 0.301. The van der Waals surface area contributed by atoms with Gasteiger partial charge in [0.2, 0.25) is 0 Å². The van der Waals surface area contributed by atoms with Crippen LogP contribution in [0.3, 0.4) is 0 Å². The zero-order valence-electron chi connectivity index (χ0n) is 11.9. The second-order valence-corrected chi connectivity index (χ2v) is 4.82. The van der Waals surface area contributed by atoms with Crippen LogP contribution in [0.2, 0.25) is 0 Å². The molecule has 0 saturated carbocycles. The van der Waals surface area contributed by atoms with Gasteiger partial charge in [0.15, 0.2) is 0 Å². The van der Waals surface area contributed by atoms with E-state index in [0.29, 0.717) is 17.0 Å². The Morgan fingerprint density at radius 2 is 2.05 bits per heavy atom. The number of nitrogens with zero attached hydrogens (tertiary/aromatic N) is 3. The zero-order chi connectivity index (χ0) is 15.4. The summed E-state index contributed by atoms with van der Waals surface area (Å²) < 4.78 is 19.6. The number of hydrogen-bond acceptors (Lipinski definition) is 3. The van der Waals surface area contributed by atoms with Gasteiger partial charge in [0.05, 0.1) is 17.8 Å². The number of hydrogen-bond donors (Lipinski definition) is 0. The topological polar surface area (TPSA) is 50.8 Å². The van der Waals surface area contributed by atoms with E-state index < -0.39 is 6.67 Å². The molecule has 0 bridgehead atoms. The molecule has 3 rings (SSSR count). The minimum Gasteiger partial charge on any atom is -0.485 e. The highest BCUT2D eigenvalue weighted by Gasteiger charge is 2.10. The number of alkyl halides is 1. The zero-order valence-corrected chi connectivity index (χ0v) is 11.9. The SMILES string of the molecule is N#Cc1ccc2ccccc2c1OCc1ccn(CCF)n1. The smallest absolute Gasteiger partial charge is 0.145 e. The fraction of sp³-hybridized carbons (Fsp3) is 0.176. The fourth-order valence-corrected chi connectivity index (χ4v) is 2.32. The molecule has 1 aromatic heterocycles. The quantitative estimate of drug-likeness (QED) is 0.724. The predicted molar refractivity (Wildman–Crippen MR) is 81.2 cm³/mol. The maximum atomic E-state index is 12.3. The van der Waals surface area contributed by atoms with Crippen LogP contribution >= 0.6 is 0 Å². The van der Waals surface area contributed by atoms with E-state index in [1.54, 1.807) is 18.3 Å². The molecule has 0 aliphatic carbocycles. The first-order chi connectivity index (χ1) is 10.8. The maximum absolute atomic E-state index is 12.3. The van der Waals surface area contributed by atoms with E-state index in [1.165, 1.54) is 4.68 Å². The van der Waals surface area contributed by atoms with Gasteiger partial charge in [-0.2, -0.15) is 10.4 Å². The summed E-state index contributed by atoms with van der Waals surface area (Å²) in [6, 6.07) is 15.3. The number of rotatable bonds is 5. The first kappa shape index (κ1) is 14.1. The summed E-state index contributed by atoms with van der Waals surface area (Å²) in [5.74, 6) is 0.556. The Kier molecular flexibility index (Phi) is 4.01. The lowest BCUT2D eigenvalue weighted by Crippen LogP contribution is -2.03. The van der Waals surface area contributed by atoms with Gasteiger partial charge in [0.25, 0.3) is 0 Å². The van der Waals surface area contributed by atoms with Crippen LogP contribution in [0.25, 0.3) is 10.8 Å². The molecule has 0 unspecified atom stereocenters. The van der Waals surface area contributed by atoms with Crippen LogP contribution in [0, 0.1) is 11.3 Å². The van der Waals surface area contributed by atoms with Crippen LogP contribution in [0.5, 0.6) is 5.75 Å². The molecule has 4 nitrogen and oxygen atoms in total. The van der Waals surface area contributed by atoms with Gasteiger partial charge < -0.3 is 4.74 Å². The van der Waals surface area contributed by atoms with Crippen molar-refractivity contribution in [1.29, 1.82) is 5.26 Å². The molecule has 0 amide bonds. The van der Waals surface area contributed by atoms with E-state index in [4.69, 9.17) is 4.74 Å². The number of benzene rings is 2. The molecule has 3 aromatic rings. The molecule has 0 spiro atoms. The summed E-state index contributed by atoms with van der Waals surface area (Å²) in [7, 11) is 0. The molecule has 22 heavy (non-hydrogen) atoms. The lowest BCUT2D eigenvalue weighted by atomic mass is 10.1. The third-order valence-corrected chi connectivity index (χ3v) is 3.37. The van der Waals surface area contributed by atoms with Crippen molar-refractivity contribution in [2.75, 3.05) is 6.67 Å². The van der Waals surface area contributed by atoms with E-state index in [1.807, 2.05) is 30.3 Å². The van der Waals surface area contributed by atoms with Gasteiger partial charge in [-0.3, -0.25) is 4.68 Å². The minimum absolute atomic E-state index is 0.234.